The Hall–Kier alpha value is -8.40. The first kappa shape index (κ1) is 37.9. The van der Waals surface area contributed by atoms with Gasteiger partial charge in [-0.15, -0.1) is 0 Å². The van der Waals surface area contributed by atoms with Crippen molar-refractivity contribution in [1.82, 2.24) is 4.57 Å². The van der Waals surface area contributed by atoms with Crippen LogP contribution in [0.5, 0.6) is 0 Å². The smallest absolute Gasteiger partial charge is 0.0755 e. The lowest BCUT2D eigenvalue weighted by molar-refractivity contribution is 0.660. The lowest BCUT2D eigenvalue weighted by Gasteiger charge is -2.44. The Kier molecular flexibility index (Phi) is 7.95. The lowest BCUT2D eigenvalue weighted by atomic mass is 9.65. The topological polar surface area (TPSA) is 11.4 Å². The van der Waals surface area contributed by atoms with Gasteiger partial charge in [-0.05, 0) is 129 Å². The Morgan fingerprint density at radius 3 is 1.67 bits per heavy atom. The molecular formula is C64H45N3. The Bertz CT molecular complexity index is 3790. The van der Waals surface area contributed by atoms with Crippen molar-refractivity contribution >= 4 is 55.9 Å². The lowest BCUT2D eigenvalue weighted by Crippen LogP contribution is -2.36. The summed E-state index contributed by atoms with van der Waals surface area (Å²) in [4.78, 5) is 4.99. The molecule has 1 atom stereocenters. The minimum Gasteiger partial charge on any atom is -0.310 e. The van der Waals surface area contributed by atoms with Gasteiger partial charge in [0.15, 0.2) is 0 Å². The number of nitrogens with zero attached hydrogens (tertiary/aromatic N) is 3. The molecule has 3 nitrogen and oxygen atoms in total. The number of hydrogen-bond donors (Lipinski definition) is 0. The summed E-state index contributed by atoms with van der Waals surface area (Å²) in [5, 5.41) is 2.48. The predicted molar refractivity (Wildman–Crippen MR) is 279 cm³/mol. The molecule has 14 rings (SSSR count). The molecule has 2 heterocycles. The Balaban J connectivity index is 1.05. The zero-order valence-electron chi connectivity index (χ0n) is 37.4. The molecule has 0 radical (unpaired) electrons. The van der Waals surface area contributed by atoms with Gasteiger partial charge in [0.05, 0.1) is 27.8 Å². The van der Waals surface area contributed by atoms with E-state index < -0.39 is 5.41 Å². The molecule has 0 saturated heterocycles. The molecule has 3 aliphatic rings. The third-order valence-electron chi connectivity index (χ3n) is 15.1. The molecule has 0 amide bonds. The Morgan fingerprint density at radius 2 is 0.896 bits per heavy atom. The van der Waals surface area contributed by atoms with E-state index in [-0.39, 0.29) is 5.41 Å². The highest BCUT2D eigenvalue weighted by Gasteiger charge is 2.52. The van der Waals surface area contributed by atoms with Crippen LogP contribution in [0.4, 0.5) is 34.1 Å². The molecule has 1 aliphatic heterocycles. The molecule has 67 heavy (non-hydrogen) atoms. The number of benzene rings is 10. The van der Waals surface area contributed by atoms with E-state index in [9.17, 15) is 0 Å². The molecule has 3 heteroatoms. The minimum absolute atomic E-state index is 0.166. The molecule has 10 aromatic carbocycles. The van der Waals surface area contributed by atoms with E-state index in [1.165, 1.54) is 88.8 Å². The number of hydrogen-bond acceptors (Lipinski definition) is 2. The van der Waals surface area contributed by atoms with E-state index in [2.05, 4.69) is 265 Å². The van der Waals surface area contributed by atoms with Crippen molar-refractivity contribution in [3.8, 4) is 27.9 Å². The van der Waals surface area contributed by atoms with Crippen LogP contribution in [-0.2, 0) is 10.8 Å². The summed E-state index contributed by atoms with van der Waals surface area (Å²) in [6.45, 7) is 4.76. The molecule has 2 aliphatic carbocycles. The van der Waals surface area contributed by atoms with Crippen LogP contribution in [0.15, 0.2) is 237 Å². The molecular weight excluding hydrogens is 811 g/mol. The van der Waals surface area contributed by atoms with Gasteiger partial charge in [-0.3, -0.25) is 0 Å². The van der Waals surface area contributed by atoms with Crippen molar-refractivity contribution in [2.45, 2.75) is 24.7 Å². The first-order valence-electron chi connectivity index (χ1n) is 23.4. The zero-order valence-corrected chi connectivity index (χ0v) is 37.4. The molecule has 0 bridgehead atoms. The van der Waals surface area contributed by atoms with Crippen molar-refractivity contribution in [1.29, 1.82) is 0 Å². The summed E-state index contributed by atoms with van der Waals surface area (Å²) in [5.41, 5.74) is 22.7. The fraction of sp³-hybridized carbons (Fsp3) is 0.0625. The summed E-state index contributed by atoms with van der Waals surface area (Å²) >= 11 is 0. The predicted octanol–water partition coefficient (Wildman–Crippen LogP) is 16.7. The average Bonchev–Trinajstić information content (AvgIpc) is 3.96. The van der Waals surface area contributed by atoms with Crippen molar-refractivity contribution in [2.24, 2.45) is 0 Å². The number of fused-ring (bicyclic) bond motifs is 11. The fourth-order valence-electron chi connectivity index (χ4n) is 12.3. The number of aromatic nitrogens is 1. The maximum absolute atomic E-state index is 2.52. The molecule has 316 valence electrons. The quantitative estimate of drug-likeness (QED) is 0.165. The number of para-hydroxylation sites is 4. The van der Waals surface area contributed by atoms with E-state index in [0.29, 0.717) is 0 Å². The summed E-state index contributed by atoms with van der Waals surface area (Å²) < 4.78 is 2.43. The van der Waals surface area contributed by atoms with E-state index in [4.69, 9.17) is 0 Å². The normalized spacial score (nSPS) is 15.8. The van der Waals surface area contributed by atoms with Gasteiger partial charge in [-0.1, -0.05) is 172 Å². The highest BCUT2D eigenvalue weighted by atomic mass is 15.2. The monoisotopic (exact) mass is 855 g/mol. The summed E-state index contributed by atoms with van der Waals surface area (Å²) in [6, 6.07) is 88.2. The fourth-order valence-corrected chi connectivity index (χ4v) is 12.3. The second-order valence-corrected chi connectivity index (χ2v) is 18.9. The highest BCUT2D eigenvalue weighted by Crippen LogP contribution is 2.65. The largest absolute Gasteiger partial charge is 0.310 e. The minimum atomic E-state index is -0.586. The molecule has 0 spiro atoms. The SMILES string of the molecule is CC1(C)c2ccccc2-c2ccc(N(c3ccc4c(c3)C3(c5ccccc5)c5ccccc5N(c5ccccc5)c5cccc-4c53)c3ccc4c5ccccc5n(-c5ccccc5)c4c3)cc21. The third-order valence-corrected chi connectivity index (χ3v) is 15.1. The van der Waals surface area contributed by atoms with E-state index in [1.54, 1.807) is 0 Å². The third kappa shape index (κ3) is 5.17. The van der Waals surface area contributed by atoms with Crippen LogP contribution in [0.2, 0.25) is 0 Å². The van der Waals surface area contributed by atoms with Crippen molar-refractivity contribution in [3.63, 3.8) is 0 Å². The Labute approximate surface area is 391 Å². The standard InChI is InChI=1S/C64H45N3/c1-63(2)54-28-14-12-25-48(54)49-36-33-45(39-56(49)63)65(47-35-38-52-51-26-13-16-30-58(51)66(61(52)41-47)43-21-8-4-9-22-43)46-34-37-50-53-27-18-32-60-62(53)64(57(50)40-46,42-19-6-3-7-20-42)55-29-15-17-31-59(55)67(60)44-23-10-5-11-24-44/h3-41H,1-2H3. The molecule has 0 N–H and O–H groups in total. The Morgan fingerprint density at radius 1 is 0.358 bits per heavy atom. The van der Waals surface area contributed by atoms with E-state index in [1.807, 2.05) is 0 Å². The second-order valence-electron chi connectivity index (χ2n) is 18.9. The number of anilines is 6. The molecule has 11 aromatic rings. The van der Waals surface area contributed by atoms with Crippen LogP contribution in [0.3, 0.4) is 0 Å². The van der Waals surface area contributed by atoms with Crippen LogP contribution in [-0.4, -0.2) is 4.57 Å². The van der Waals surface area contributed by atoms with Crippen molar-refractivity contribution in [2.75, 3.05) is 9.80 Å². The van der Waals surface area contributed by atoms with E-state index in [0.717, 1.165) is 28.4 Å². The van der Waals surface area contributed by atoms with Crippen LogP contribution in [0.25, 0.3) is 49.7 Å². The van der Waals surface area contributed by atoms with Gasteiger partial charge in [-0.2, -0.15) is 0 Å². The van der Waals surface area contributed by atoms with Gasteiger partial charge in [0, 0.05) is 50.2 Å². The maximum Gasteiger partial charge on any atom is 0.0755 e. The van der Waals surface area contributed by atoms with Gasteiger partial charge >= 0.3 is 0 Å². The van der Waals surface area contributed by atoms with Gasteiger partial charge in [0.25, 0.3) is 0 Å². The van der Waals surface area contributed by atoms with Crippen molar-refractivity contribution in [3.05, 3.63) is 270 Å². The van der Waals surface area contributed by atoms with Gasteiger partial charge in [-0.25, -0.2) is 0 Å². The molecule has 0 fully saturated rings. The average molecular weight is 856 g/mol. The van der Waals surface area contributed by atoms with Crippen molar-refractivity contribution < 1.29 is 0 Å². The van der Waals surface area contributed by atoms with Crippen LogP contribution < -0.4 is 9.80 Å². The van der Waals surface area contributed by atoms with Gasteiger partial charge in [0.2, 0.25) is 0 Å². The van der Waals surface area contributed by atoms with Crippen LogP contribution in [0.1, 0.15) is 47.2 Å². The molecule has 0 saturated carbocycles. The summed E-state index contributed by atoms with van der Waals surface area (Å²) in [6.07, 6.45) is 0. The summed E-state index contributed by atoms with van der Waals surface area (Å²) in [5.74, 6) is 0. The molecule has 1 unspecified atom stereocenters. The van der Waals surface area contributed by atoms with Crippen LogP contribution in [0, 0.1) is 0 Å². The first-order valence-corrected chi connectivity index (χ1v) is 23.4. The van der Waals surface area contributed by atoms with Gasteiger partial charge in [0.1, 0.15) is 0 Å². The maximum atomic E-state index is 2.52. The van der Waals surface area contributed by atoms with Crippen LogP contribution >= 0.6 is 0 Å². The first-order chi connectivity index (χ1) is 33.0. The number of rotatable bonds is 6. The zero-order chi connectivity index (χ0) is 44.4. The second kappa shape index (κ2) is 14.1. The summed E-state index contributed by atoms with van der Waals surface area (Å²) in [7, 11) is 0. The van der Waals surface area contributed by atoms with Gasteiger partial charge < -0.3 is 14.4 Å². The van der Waals surface area contributed by atoms with E-state index >= 15 is 0 Å². The molecule has 1 aromatic heterocycles. The highest BCUT2D eigenvalue weighted by molar-refractivity contribution is 6.10.